The summed E-state index contributed by atoms with van der Waals surface area (Å²) in [4.78, 5) is 29.1. The number of benzene rings is 1. The van der Waals surface area contributed by atoms with Gasteiger partial charge in [0, 0.05) is 11.8 Å². The lowest BCUT2D eigenvalue weighted by atomic mass is 10.1. The minimum Gasteiger partial charge on any atom is -0.375 e. The van der Waals surface area contributed by atoms with Gasteiger partial charge in [-0.05, 0) is 24.6 Å². The molecule has 0 unspecified atom stereocenters. The average molecular weight is 416 g/mol. The molecule has 0 fully saturated rings. The van der Waals surface area contributed by atoms with Gasteiger partial charge in [-0.3, -0.25) is 14.3 Å². The topological polar surface area (TPSA) is 124 Å². The quantitative estimate of drug-likeness (QED) is 0.600. The summed E-state index contributed by atoms with van der Waals surface area (Å²) in [5, 5.41) is 9.78. The van der Waals surface area contributed by atoms with E-state index in [2.05, 4.69) is 20.7 Å². The number of hydrogen-bond donors (Lipinski definition) is 3. The van der Waals surface area contributed by atoms with Gasteiger partial charge in [0.25, 0.3) is 11.8 Å². The smallest absolute Gasteiger partial charge is 0.267 e. The van der Waals surface area contributed by atoms with Crippen LogP contribution in [0.25, 0.3) is 0 Å². The monoisotopic (exact) mass is 416 g/mol. The van der Waals surface area contributed by atoms with E-state index in [1.807, 2.05) is 0 Å². The summed E-state index contributed by atoms with van der Waals surface area (Å²) >= 11 is 1.03. The van der Waals surface area contributed by atoms with Gasteiger partial charge >= 0.3 is 0 Å². The van der Waals surface area contributed by atoms with E-state index < -0.39 is 17.6 Å². The van der Waals surface area contributed by atoms with Crippen LogP contribution in [0.2, 0.25) is 0 Å². The molecule has 11 heteroatoms. The van der Waals surface area contributed by atoms with Crippen LogP contribution in [0.1, 0.15) is 31.3 Å². The van der Waals surface area contributed by atoms with Crippen molar-refractivity contribution in [2.45, 2.75) is 20.1 Å². The number of carbonyl (C=O) groups excluding carboxylic acids is 2. The number of anilines is 3. The molecule has 0 saturated carbocycles. The first kappa shape index (κ1) is 19.0. The summed E-state index contributed by atoms with van der Waals surface area (Å²) in [6, 6.07) is 4.17. The van der Waals surface area contributed by atoms with E-state index in [1.54, 1.807) is 17.7 Å². The third kappa shape index (κ3) is 3.96. The number of nitrogens with two attached hydrogens (primary N) is 1. The van der Waals surface area contributed by atoms with Crippen molar-refractivity contribution in [2.24, 2.45) is 0 Å². The average Bonchev–Trinajstić information content (AvgIpc) is 3.29. The zero-order valence-electron chi connectivity index (χ0n) is 15.4. The van der Waals surface area contributed by atoms with E-state index in [4.69, 9.17) is 10.5 Å². The van der Waals surface area contributed by atoms with Gasteiger partial charge in [-0.25, -0.2) is 9.37 Å². The molecule has 0 spiro atoms. The van der Waals surface area contributed by atoms with Crippen molar-refractivity contribution in [1.29, 1.82) is 0 Å². The van der Waals surface area contributed by atoms with Gasteiger partial charge in [-0.1, -0.05) is 11.3 Å². The van der Waals surface area contributed by atoms with Crippen LogP contribution in [0.5, 0.6) is 0 Å². The van der Waals surface area contributed by atoms with Crippen LogP contribution in [0.4, 0.5) is 21.0 Å². The number of hydrogen-bond acceptors (Lipinski definition) is 7. The summed E-state index contributed by atoms with van der Waals surface area (Å²) in [6.45, 7) is 3.16. The number of aryl methyl sites for hydroxylation is 1. The van der Waals surface area contributed by atoms with Crippen molar-refractivity contribution in [2.75, 3.05) is 23.0 Å². The zero-order valence-corrected chi connectivity index (χ0v) is 16.2. The molecule has 3 heterocycles. The molecule has 0 bridgehead atoms. The van der Waals surface area contributed by atoms with Gasteiger partial charge in [-0.2, -0.15) is 5.10 Å². The number of amides is 2. The number of aromatic nitrogens is 3. The Morgan fingerprint density at radius 1 is 1.28 bits per heavy atom. The second kappa shape index (κ2) is 7.60. The van der Waals surface area contributed by atoms with Crippen molar-refractivity contribution in [3.05, 3.63) is 51.9 Å². The van der Waals surface area contributed by atoms with Crippen LogP contribution in [0.15, 0.2) is 24.4 Å². The molecular weight excluding hydrogens is 399 g/mol. The van der Waals surface area contributed by atoms with Crippen LogP contribution in [-0.4, -0.2) is 33.2 Å². The molecule has 150 valence electrons. The number of nitrogens with zero attached hydrogens (tertiary/aromatic N) is 3. The van der Waals surface area contributed by atoms with E-state index in [0.717, 1.165) is 17.0 Å². The molecule has 3 aromatic rings. The molecule has 0 aliphatic carbocycles. The summed E-state index contributed by atoms with van der Waals surface area (Å²) in [7, 11) is 0. The fourth-order valence-corrected chi connectivity index (χ4v) is 3.48. The fourth-order valence-electron chi connectivity index (χ4n) is 2.90. The highest BCUT2D eigenvalue weighted by molar-refractivity contribution is 7.17. The third-order valence-electron chi connectivity index (χ3n) is 4.36. The maximum atomic E-state index is 14.4. The first-order valence-electron chi connectivity index (χ1n) is 8.69. The molecular formula is C18H17FN6O3S. The number of thiazole rings is 1. The Kier molecular flexibility index (Phi) is 4.99. The Hall–Kier alpha value is -3.31. The maximum absolute atomic E-state index is 14.4. The number of halogens is 1. The second-order valence-electron chi connectivity index (χ2n) is 6.41. The van der Waals surface area contributed by atoms with Crippen molar-refractivity contribution < 1.29 is 18.7 Å². The maximum Gasteiger partial charge on any atom is 0.267 e. The van der Waals surface area contributed by atoms with Gasteiger partial charge in [0.05, 0.1) is 37.2 Å². The molecule has 0 atom stereocenters. The molecule has 4 N–H and O–H groups in total. The number of rotatable bonds is 4. The van der Waals surface area contributed by atoms with Crippen LogP contribution in [0, 0.1) is 12.7 Å². The first-order chi connectivity index (χ1) is 13.9. The van der Waals surface area contributed by atoms with Gasteiger partial charge in [0.2, 0.25) is 0 Å². The molecule has 2 aromatic heterocycles. The molecule has 1 aliphatic heterocycles. The van der Waals surface area contributed by atoms with Crippen LogP contribution < -0.4 is 16.4 Å². The number of fused-ring (bicyclic) bond motifs is 1. The van der Waals surface area contributed by atoms with Gasteiger partial charge in [0.1, 0.15) is 10.7 Å². The predicted molar refractivity (Wildman–Crippen MR) is 105 cm³/mol. The highest BCUT2D eigenvalue weighted by Gasteiger charge is 2.19. The Labute approximate surface area is 168 Å². The first-order valence-corrected chi connectivity index (χ1v) is 9.51. The standard InChI is InChI=1S/C18H17FN6O3S/c1-9-4-12(19)11(6-13(9)22-17(27)14-7-21-18(20)29-14)16(26)23-15-5-10-8-28-3-2-25(10)24-15/h4-7H,2-3,8H2,1H3,(H2,20,21)(H,22,27)(H,23,24,26). The summed E-state index contributed by atoms with van der Waals surface area (Å²) in [5.74, 6) is -1.51. The third-order valence-corrected chi connectivity index (χ3v) is 5.18. The second-order valence-corrected chi connectivity index (χ2v) is 7.48. The minimum absolute atomic E-state index is 0.211. The Bertz CT molecular complexity index is 1090. The van der Waals surface area contributed by atoms with Crippen LogP contribution >= 0.6 is 11.3 Å². The van der Waals surface area contributed by atoms with Crippen LogP contribution in [-0.2, 0) is 17.9 Å². The lowest BCUT2D eigenvalue weighted by molar-refractivity contribution is 0.0801. The summed E-state index contributed by atoms with van der Waals surface area (Å²) < 4.78 is 21.5. The molecule has 4 rings (SSSR count). The SMILES string of the molecule is Cc1cc(F)c(C(=O)Nc2cc3n(n2)CCOC3)cc1NC(=O)c1cnc(N)s1. The number of nitrogens with one attached hydrogen (secondary N) is 2. The molecule has 0 radical (unpaired) electrons. The highest BCUT2D eigenvalue weighted by atomic mass is 32.1. The lowest BCUT2D eigenvalue weighted by Crippen LogP contribution is -2.18. The van der Waals surface area contributed by atoms with Crippen molar-refractivity contribution >= 4 is 39.8 Å². The fraction of sp³-hybridized carbons (Fsp3) is 0.222. The number of nitrogen functional groups attached to an aromatic ring is 1. The van der Waals surface area contributed by atoms with Crippen molar-refractivity contribution in [3.63, 3.8) is 0 Å². The largest absolute Gasteiger partial charge is 0.375 e. The van der Waals surface area contributed by atoms with E-state index in [1.165, 1.54) is 18.3 Å². The predicted octanol–water partition coefficient (Wildman–Crippen LogP) is 2.40. The Morgan fingerprint density at radius 2 is 2.10 bits per heavy atom. The molecule has 2 amide bonds. The minimum atomic E-state index is -0.702. The summed E-state index contributed by atoms with van der Waals surface area (Å²) in [5.41, 5.74) is 6.94. The van der Waals surface area contributed by atoms with Crippen molar-refractivity contribution in [3.8, 4) is 0 Å². The van der Waals surface area contributed by atoms with Crippen LogP contribution in [0.3, 0.4) is 0 Å². The number of carbonyl (C=O) groups is 2. The van der Waals surface area contributed by atoms with E-state index >= 15 is 0 Å². The number of ether oxygens (including phenoxy) is 1. The lowest BCUT2D eigenvalue weighted by Gasteiger charge is -2.12. The zero-order chi connectivity index (χ0) is 20.5. The molecule has 29 heavy (non-hydrogen) atoms. The normalized spacial score (nSPS) is 13.0. The molecule has 1 aliphatic rings. The van der Waals surface area contributed by atoms with Gasteiger partial charge in [0.15, 0.2) is 10.9 Å². The Balaban J connectivity index is 1.55. The summed E-state index contributed by atoms with van der Waals surface area (Å²) in [6.07, 6.45) is 1.35. The van der Waals surface area contributed by atoms with E-state index in [-0.39, 0.29) is 10.7 Å². The van der Waals surface area contributed by atoms with Gasteiger partial charge < -0.3 is 21.1 Å². The van der Waals surface area contributed by atoms with Crippen molar-refractivity contribution in [1.82, 2.24) is 14.8 Å². The molecule has 0 saturated heterocycles. The Morgan fingerprint density at radius 3 is 2.83 bits per heavy atom. The molecule has 9 nitrogen and oxygen atoms in total. The van der Waals surface area contributed by atoms with E-state index in [9.17, 15) is 14.0 Å². The van der Waals surface area contributed by atoms with Gasteiger partial charge in [-0.15, -0.1) is 0 Å². The molecule has 1 aromatic carbocycles. The highest BCUT2D eigenvalue weighted by Crippen LogP contribution is 2.24. The van der Waals surface area contributed by atoms with E-state index in [0.29, 0.717) is 41.7 Å².